The summed E-state index contributed by atoms with van der Waals surface area (Å²) in [5.74, 6) is -0.865. The van der Waals surface area contributed by atoms with Crippen molar-refractivity contribution >= 4 is 39.1 Å². The number of nitrogens with zero attached hydrogens (tertiary/aromatic N) is 2. The Labute approximate surface area is 236 Å². The van der Waals surface area contributed by atoms with Gasteiger partial charge in [-0.05, 0) is 73.9 Å². The van der Waals surface area contributed by atoms with Crippen molar-refractivity contribution < 1.29 is 22.0 Å². The van der Waals surface area contributed by atoms with Crippen molar-refractivity contribution in [1.82, 2.24) is 14.7 Å². The average Bonchev–Trinajstić information content (AvgIpc) is 2.94. The first-order valence-electron chi connectivity index (χ1n) is 12.9. The maximum Gasteiger partial charge on any atom is 0.240 e. The Kier molecular flexibility index (Phi) is 7.70. The lowest BCUT2D eigenvalue weighted by Gasteiger charge is -2.24. The summed E-state index contributed by atoms with van der Waals surface area (Å²) in [7, 11) is -3.68. The van der Waals surface area contributed by atoms with Crippen LogP contribution < -0.4 is 20.7 Å². The molecule has 1 aliphatic rings. The van der Waals surface area contributed by atoms with Gasteiger partial charge in [0.25, 0.3) is 0 Å². The van der Waals surface area contributed by atoms with Crippen LogP contribution in [0, 0.1) is 11.6 Å². The highest BCUT2D eigenvalue weighted by Gasteiger charge is 2.30. The number of halogens is 2. The van der Waals surface area contributed by atoms with Crippen LogP contribution in [0.4, 0.5) is 31.9 Å². The first kappa shape index (κ1) is 28.1. The number of anilines is 4. The van der Waals surface area contributed by atoms with Crippen LogP contribution in [0.1, 0.15) is 25.8 Å². The van der Waals surface area contributed by atoms with Gasteiger partial charge in [0.15, 0.2) is 0 Å². The normalized spacial score (nSPS) is 14.8. The van der Waals surface area contributed by atoms with E-state index in [0.717, 1.165) is 0 Å². The molecule has 0 spiro atoms. The van der Waals surface area contributed by atoms with E-state index in [1.165, 1.54) is 48.5 Å². The highest BCUT2D eigenvalue weighted by Crippen LogP contribution is 2.32. The van der Waals surface area contributed by atoms with Crippen molar-refractivity contribution in [2.45, 2.75) is 30.6 Å². The minimum Gasteiger partial charge on any atom is -0.369 e. The predicted molar refractivity (Wildman–Crippen MR) is 154 cm³/mol. The lowest BCUT2D eigenvalue weighted by molar-refractivity contribution is -0.120. The van der Waals surface area contributed by atoms with Gasteiger partial charge in [-0.2, -0.15) is 4.98 Å². The van der Waals surface area contributed by atoms with Crippen LogP contribution in [-0.4, -0.2) is 37.4 Å². The Morgan fingerprint density at radius 1 is 1.00 bits per heavy atom. The van der Waals surface area contributed by atoms with Gasteiger partial charge in [0.2, 0.25) is 21.9 Å². The smallest absolute Gasteiger partial charge is 0.240 e. The van der Waals surface area contributed by atoms with E-state index in [9.17, 15) is 17.6 Å². The fraction of sp³-hybridized carbons (Fsp3) is 0.207. The van der Waals surface area contributed by atoms with Crippen LogP contribution >= 0.6 is 0 Å². The number of carbonyl (C=O) groups is 1. The van der Waals surface area contributed by atoms with Crippen molar-refractivity contribution in [3.8, 4) is 11.1 Å². The number of sulfonamides is 1. The minimum absolute atomic E-state index is 0.00629. The van der Waals surface area contributed by atoms with Crippen LogP contribution in [0.2, 0.25) is 0 Å². The quantitative estimate of drug-likeness (QED) is 0.263. The summed E-state index contributed by atoms with van der Waals surface area (Å²) in [5, 5.41) is 8.84. The molecule has 0 radical (unpaired) electrons. The van der Waals surface area contributed by atoms with E-state index in [1.54, 1.807) is 38.2 Å². The first-order chi connectivity index (χ1) is 19.5. The molecule has 12 heteroatoms. The van der Waals surface area contributed by atoms with E-state index in [2.05, 4.69) is 30.6 Å². The maximum absolute atomic E-state index is 15.3. The Bertz CT molecular complexity index is 1710. The highest BCUT2D eigenvalue weighted by atomic mass is 32.2. The second-order valence-electron chi connectivity index (χ2n) is 10.1. The van der Waals surface area contributed by atoms with Crippen LogP contribution in [-0.2, 0) is 20.2 Å². The highest BCUT2D eigenvalue weighted by molar-refractivity contribution is 7.89. The molecular weight excluding hydrogens is 550 g/mol. The second-order valence-corrected chi connectivity index (χ2v) is 11.8. The van der Waals surface area contributed by atoms with Crippen LogP contribution in [0.15, 0.2) is 77.8 Å². The summed E-state index contributed by atoms with van der Waals surface area (Å²) < 4.78 is 56.4. The molecule has 9 nitrogen and oxygen atoms in total. The zero-order valence-electron chi connectivity index (χ0n) is 22.3. The molecular formula is C29H28F2N6O3S. The van der Waals surface area contributed by atoms with E-state index in [4.69, 9.17) is 0 Å². The largest absolute Gasteiger partial charge is 0.369 e. The van der Waals surface area contributed by atoms with E-state index in [-0.39, 0.29) is 23.1 Å². The van der Waals surface area contributed by atoms with E-state index >= 15 is 4.39 Å². The van der Waals surface area contributed by atoms with Crippen LogP contribution in [0.3, 0.4) is 0 Å². The molecule has 5 rings (SSSR count). The standard InChI is InChI=1S/C29H28F2N6O3S/c1-29(2,19-8-10-20(30)11-9-19)27(38)36-25-12-7-18(15-24(25)31)23-17-33-28-35-21-5-3-6-22(16-21)41(39,40)34-14-4-13-32-26(23)37-28/h3,5-12,15-17,34H,4,13-14H2,1-2H3,(H,36,38)(H2,32,33,35,37). The fourth-order valence-electron chi connectivity index (χ4n) is 4.30. The molecule has 4 N–H and O–H groups in total. The number of aromatic nitrogens is 2. The summed E-state index contributed by atoms with van der Waals surface area (Å²) >= 11 is 0. The van der Waals surface area contributed by atoms with E-state index in [1.807, 2.05) is 0 Å². The van der Waals surface area contributed by atoms with E-state index in [0.29, 0.717) is 41.2 Å². The van der Waals surface area contributed by atoms with Crippen molar-refractivity contribution in [1.29, 1.82) is 0 Å². The van der Waals surface area contributed by atoms with Crippen molar-refractivity contribution in [2.24, 2.45) is 0 Å². The average molecular weight is 579 g/mol. The molecule has 0 atom stereocenters. The third-order valence-electron chi connectivity index (χ3n) is 6.79. The number of hydrogen-bond acceptors (Lipinski definition) is 7. The van der Waals surface area contributed by atoms with Crippen molar-refractivity contribution in [2.75, 3.05) is 29.0 Å². The third-order valence-corrected chi connectivity index (χ3v) is 8.25. The van der Waals surface area contributed by atoms with E-state index < -0.39 is 33.0 Å². The number of benzene rings is 3. The molecule has 1 amide bonds. The predicted octanol–water partition coefficient (Wildman–Crippen LogP) is 5.18. The third kappa shape index (κ3) is 6.18. The lowest BCUT2D eigenvalue weighted by atomic mass is 9.83. The number of carbonyl (C=O) groups excluding carboxylic acids is 1. The molecule has 1 aromatic heterocycles. The molecule has 41 heavy (non-hydrogen) atoms. The van der Waals surface area contributed by atoms with Gasteiger partial charge in [0, 0.05) is 30.5 Å². The summed E-state index contributed by atoms with van der Waals surface area (Å²) in [6, 6.07) is 16.3. The fourth-order valence-corrected chi connectivity index (χ4v) is 5.42. The lowest BCUT2D eigenvalue weighted by Crippen LogP contribution is -2.35. The molecule has 0 fully saturated rings. The second kappa shape index (κ2) is 11.2. The molecule has 0 saturated carbocycles. The summed E-state index contributed by atoms with van der Waals surface area (Å²) in [5.41, 5.74) is 1.02. The number of nitrogens with one attached hydrogen (secondary N) is 4. The summed E-state index contributed by atoms with van der Waals surface area (Å²) in [4.78, 5) is 22.1. The zero-order chi connectivity index (χ0) is 29.2. The number of hydrogen-bond donors (Lipinski definition) is 4. The Morgan fingerprint density at radius 3 is 2.54 bits per heavy atom. The van der Waals surface area contributed by atoms with Gasteiger partial charge >= 0.3 is 0 Å². The molecule has 0 unspecified atom stereocenters. The first-order valence-corrected chi connectivity index (χ1v) is 14.4. The Hall–Kier alpha value is -4.42. The molecule has 4 aromatic rings. The van der Waals surface area contributed by atoms with Crippen molar-refractivity contribution in [3.05, 3.63) is 90.1 Å². The SMILES string of the molecule is CC(C)(C(=O)Nc1ccc(-c2cnc3nc2NCCCNS(=O)(=O)c2cccc(c2)N3)cc1F)c1ccc(F)cc1. The molecule has 1 aliphatic heterocycles. The summed E-state index contributed by atoms with van der Waals surface area (Å²) in [6.07, 6.45) is 2.01. The minimum atomic E-state index is -3.68. The van der Waals surface area contributed by atoms with Gasteiger partial charge in [-0.15, -0.1) is 0 Å². The molecule has 4 bridgehead atoms. The van der Waals surface area contributed by atoms with Gasteiger partial charge in [0.1, 0.15) is 17.5 Å². The van der Waals surface area contributed by atoms with Gasteiger partial charge < -0.3 is 16.0 Å². The number of rotatable bonds is 4. The van der Waals surface area contributed by atoms with Crippen LogP contribution in [0.25, 0.3) is 11.1 Å². The molecule has 212 valence electrons. The number of amides is 1. The number of fused-ring (bicyclic) bond motifs is 4. The van der Waals surface area contributed by atoms with Crippen LogP contribution in [0.5, 0.6) is 0 Å². The summed E-state index contributed by atoms with van der Waals surface area (Å²) in [6.45, 7) is 3.94. The Morgan fingerprint density at radius 2 is 1.78 bits per heavy atom. The molecule has 0 aliphatic carbocycles. The van der Waals surface area contributed by atoms with Gasteiger partial charge in [0.05, 0.1) is 16.0 Å². The van der Waals surface area contributed by atoms with Gasteiger partial charge in [-0.1, -0.05) is 24.3 Å². The monoisotopic (exact) mass is 578 g/mol. The molecule has 3 aromatic carbocycles. The van der Waals surface area contributed by atoms with Gasteiger partial charge in [-0.3, -0.25) is 4.79 Å². The molecule has 2 heterocycles. The van der Waals surface area contributed by atoms with Gasteiger partial charge in [-0.25, -0.2) is 26.9 Å². The Balaban J connectivity index is 1.41. The van der Waals surface area contributed by atoms with Crippen molar-refractivity contribution in [3.63, 3.8) is 0 Å². The maximum atomic E-state index is 15.3. The molecule has 0 saturated heterocycles. The zero-order valence-corrected chi connectivity index (χ0v) is 23.1. The topological polar surface area (TPSA) is 125 Å².